The van der Waals surface area contributed by atoms with Crippen LogP contribution in [0.3, 0.4) is 0 Å². The Morgan fingerprint density at radius 2 is 1.34 bits per heavy atom. The topological polar surface area (TPSA) is 110 Å². The Bertz CT molecular complexity index is 1890. The summed E-state index contributed by atoms with van der Waals surface area (Å²) in [4.78, 5) is 56.5. The number of carbonyl (C=O) groups is 4. The highest BCUT2D eigenvalue weighted by Crippen LogP contribution is 2.39. The van der Waals surface area contributed by atoms with Crippen molar-refractivity contribution in [1.82, 2.24) is 19.7 Å². The quantitative estimate of drug-likeness (QED) is 0.268. The van der Waals surface area contributed by atoms with Gasteiger partial charge in [0.2, 0.25) is 0 Å². The number of aromatic nitrogens is 1. The zero-order valence-electron chi connectivity index (χ0n) is 27.7. The Kier molecular flexibility index (Phi) is 8.07. The molecule has 3 aromatic carbocycles. The third-order valence-corrected chi connectivity index (χ3v) is 8.17. The van der Waals surface area contributed by atoms with Gasteiger partial charge >= 0.3 is 12.2 Å². The average Bonchev–Trinajstić information content (AvgIpc) is 3.60. The number of fused-ring (bicyclic) bond motifs is 2. The highest BCUT2D eigenvalue weighted by Gasteiger charge is 2.32. The molecule has 6 rings (SSSR count). The first-order valence-corrected chi connectivity index (χ1v) is 15.9. The molecule has 0 spiro atoms. The molecule has 244 valence electrons. The lowest BCUT2D eigenvalue weighted by Crippen LogP contribution is -2.51. The fourth-order valence-electron chi connectivity index (χ4n) is 6.10. The Labute approximate surface area is 274 Å². The van der Waals surface area contributed by atoms with E-state index in [9.17, 15) is 19.2 Å². The van der Waals surface area contributed by atoms with Crippen LogP contribution in [0.5, 0.6) is 0 Å². The minimum Gasteiger partial charge on any atom is -0.444 e. The van der Waals surface area contributed by atoms with E-state index in [1.54, 1.807) is 48.8 Å². The van der Waals surface area contributed by atoms with Crippen LogP contribution in [0.4, 0.5) is 9.59 Å². The standard InChI is InChI=1S/C37H40N4O6/c1-36(2,3)46-34(44)40-18-16-39(17-19-40)33(43)24-12-15-29-25(20-24)21-30(41(29)35(45)47-37(4,5)6)27-14-13-26(23-10-8-7-9-11-23)28-22-38-32(42)31(27)28/h7-15,20-21H,16-19,22H2,1-6H3,(H,38,42). The number of hydrogen-bond donors (Lipinski definition) is 1. The minimum atomic E-state index is -0.765. The molecule has 3 heterocycles. The molecule has 1 saturated heterocycles. The van der Waals surface area contributed by atoms with Gasteiger partial charge in [-0.1, -0.05) is 42.5 Å². The third-order valence-electron chi connectivity index (χ3n) is 8.17. The first-order valence-electron chi connectivity index (χ1n) is 15.9. The van der Waals surface area contributed by atoms with E-state index < -0.39 is 17.3 Å². The summed E-state index contributed by atoms with van der Waals surface area (Å²) < 4.78 is 12.8. The van der Waals surface area contributed by atoms with Crippen molar-refractivity contribution in [3.63, 3.8) is 0 Å². The second-order valence-corrected chi connectivity index (χ2v) is 13.9. The molecule has 3 amide bonds. The predicted molar refractivity (Wildman–Crippen MR) is 179 cm³/mol. The van der Waals surface area contributed by atoms with Crippen LogP contribution in [0.25, 0.3) is 33.3 Å². The highest BCUT2D eigenvalue weighted by atomic mass is 16.6. The summed E-state index contributed by atoms with van der Waals surface area (Å²) in [7, 11) is 0. The lowest BCUT2D eigenvalue weighted by Gasteiger charge is -2.35. The van der Waals surface area contributed by atoms with Gasteiger partial charge < -0.3 is 24.6 Å². The first-order chi connectivity index (χ1) is 22.2. The molecule has 47 heavy (non-hydrogen) atoms. The normalized spacial score (nSPS) is 15.0. The van der Waals surface area contributed by atoms with Gasteiger partial charge in [0, 0.05) is 49.2 Å². The van der Waals surface area contributed by atoms with Crippen LogP contribution in [0.1, 0.15) is 67.8 Å². The summed E-state index contributed by atoms with van der Waals surface area (Å²) in [5, 5.41) is 3.62. The van der Waals surface area contributed by atoms with E-state index in [1.807, 2.05) is 69.3 Å². The molecule has 2 aliphatic rings. The van der Waals surface area contributed by atoms with E-state index in [1.165, 1.54) is 4.57 Å². The smallest absolute Gasteiger partial charge is 0.419 e. The second-order valence-electron chi connectivity index (χ2n) is 13.9. The maximum absolute atomic E-state index is 13.8. The van der Waals surface area contributed by atoms with Crippen molar-refractivity contribution < 1.29 is 28.7 Å². The summed E-state index contributed by atoms with van der Waals surface area (Å²) in [6.45, 7) is 12.7. The molecule has 0 saturated carbocycles. The maximum Gasteiger partial charge on any atom is 0.419 e. The second kappa shape index (κ2) is 11.9. The number of amides is 3. The number of hydrogen-bond acceptors (Lipinski definition) is 6. The summed E-state index contributed by atoms with van der Waals surface area (Å²) in [6.07, 6.45) is -0.974. The van der Waals surface area contributed by atoms with Gasteiger partial charge in [0.25, 0.3) is 11.8 Å². The number of nitrogens with zero attached hydrogens (tertiary/aromatic N) is 3. The van der Waals surface area contributed by atoms with E-state index in [4.69, 9.17) is 9.47 Å². The molecule has 0 radical (unpaired) electrons. The summed E-state index contributed by atoms with van der Waals surface area (Å²) in [5.74, 6) is -0.384. The monoisotopic (exact) mass is 636 g/mol. The molecular weight excluding hydrogens is 596 g/mol. The molecule has 1 fully saturated rings. The van der Waals surface area contributed by atoms with Gasteiger partial charge in [0.15, 0.2) is 0 Å². The van der Waals surface area contributed by atoms with Gasteiger partial charge in [-0.3, -0.25) is 9.59 Å². The molecule has 0 bridgehead atoms. The number of nitrogens with one attached hydrogen (secondary N) is 1. The molecule has 0 aliphatic carbocycles. The van der Waals surface area contributed by atoms with Crippen molar-refractivity contribution in [3.05, 3.63) is 83.4 Å². The minimum absolute atomic E-state index is 0.171. The molecule has 2 aliphatic heterocycles. The fraction of sp³-hybridized carbons (Fsp3) is 0.351. The van der Waals surface area contributed by atoms with Crippen LogP contribution < -0.4 is 5.32 Å². The number of ether oxygens (including phenoxy) is 2. The van der Waals surface area contributed by atoms with Gasteiger partial charge in [0.05, 0.1) is 16.8 Å². The molecule has 10 nitrogen and oxygen atoms in total. The summed E-state index contributed by atoms with van der Waals surface area (Å²) >= 11 is 0. The maximum atomic E-state index is 13.8. The Balaban J connectivity index is 1.37. The van der Waals surface area contributed by atoms with Gasteiger partial charge in [-0.15, -0.1) is 0 Å². The van der Waals surface area contributed by atoms with Crippen LogP contribution in [0, 0.1) is 0 Å². The number of piperazine rings is 1. The zero-order valence-corrected chi connectivity index (χ0v) is 27.7. The highest BCUT2D eigenvalue weighted by molar-refractivity contribution is 6.09. The van der Waals surface area contributed by atoms with E-state index >= 15 is 0 Å². The number of carbonyl (C=O) groups excluding carboxylic acids is 4. The SMILES string of the molecule is CC(C)(C)OC(=O)N1CCN(C(=O)c2ccc3c(c2)cc(-c2ccc(-c4ccccc4)c4c2C(=O)NC4)n3C(=O)OC(C)(C)C)CC1. The van der Waals surface area contributed by atoms with E-state index in [0.717, 1.165) is 16.7 Å². The zero-order chi connectivity index (χ0) is 33.7. The summed E-state index contributed by atoms with van der Waals surface area (Å²) in [5.41, 5.74) is 4.07. The van der Waals surface area contributed by atoms with Crippen LogP contribution in [0.2, 0.25) is 0 Å². The molecule has 4 aromatic rings. The molecule has 0 unspecified atom stereocenters. The summed E-state index contributed by atoms with van der Waals surface area (Å²) in [6, 6.07) is 20.8. The van der Waals surface area contributed by atoms with Gasteiger partial charge in [0.1, 0.15) is 11.2 Å². The molecule has 1 N–H and O–H groups in total. The van der Waals surface area contributed by atoms with Crippen molar-refractivity contribution in [2.75, 3.05) is 26.2 Å². The van der Waals surface area contributed by atoms with E-state index in [2.05, 4.69) is 5.32 Å². The van der Waals surface area contributed by atoms with Gasteiger partial charge in [-0.25, -0.2) is 14.2 Å². The van der Waals surface area contributed by atoms with E-state index in [-0.39, 0.29) is 17.9 Å². The van der Waals surface area contributed by atoms with Crippen LogP contribution >= 0.6 is 0 Å². The third kappa shape index (κ3) is 6.45. The van der Waals surface area contributed by atoms with Crippen LogP contribution in [-0.2, 0) is 16.0 Å². The lowest BCUT2D eigenvalue weighted by molar-refractivity contribution is 0.0140. The van der Waals surface area contributed by atoms with Crippen molar-refractivity contribution in [2.45, 2.75) is 59.3 Å². The molecular formula is C37H40N4O6. The van der Waals surface area contributed by atoms with Crippen molar-refractivity contribution in [2.24, 2.45) is 0 Å². The largest absolute Gasteiger partial charge is 0.444 e. The van der Waals surface area contributed by atoms with Crippen LogP contribution in [-0.4, -0.2) is 75.7 Å². The first kappa shape index (κ1) is 31.8. The van der Waals surface area contributed by atoms with Gasteiger partial charge in [-0.05, 0) is 82.5 Å². The Morgan fingerprint density at radius 3 is 2.00 bits per heavy atom. The fourth-order valence-corrected chi connectivity index (χ4v) is 6.10. The van der Waals surface area contributed by atoms with Gasteiger partial charge in [-0.2, -0.15) is 0 Å². The average molecular weight is 637 g/mol. The predicted octanol–water partition coefficient (Wildman–Crippen LogP) is 6.69. The van der Waals surface area contributed by atoms with E-state index in [0.29, 0.717) is 66.0 Å². The van der Waals surface area contributed by atoms with Crippen LogP contribution in [0.15, 0.2) is 66.7 Å². The van der Waals surface area contributed by atoms with Crippen molar-refractivity contribution in [3.8, 4) is 22.4 Å². The number of rotatable bonds is 3. The molecule has 0 atom stereocenters. The lowest BCUT2D eigenvalue weighted by atomic mass is 9.92. The van der Waals surface area contributed by atoms with Crippen molar-refractivity contribution in [1.29, 1.82) is 0 Å². The molecule has 10 heteroatoms. The van der Waals surface area contributed by atoms with Crippen molar-refractivity contribution >= 4 is 34.9 Å². The molecule has 1 aromatic heterocycles. The Hall–Kier alpha value is -5.12. The number of benzene rings is 3. The Morgan fingerprint density at radius 1 is 0.723 bits per heavy atom.